The molecule has 4 aromatic rings. The Bertz CT molecular complexity index is 1910. The molecule has 1 aromatic heterocycles. The monoisotopic (exact) mass is 645 g/mol. The Hall–Kier alpha value is -4.85. The molecule has 46 heavy (non-hydrogen) atoms. The van der Waals surface area contributed by atoms with Crippen molar-refractivity contribution in [2.45, 2.75) is 39.2 Å². The van der Waals surface area contributed by atoms with E-state index in [9.17, 15) is 18.3 Å². The fourth-order valence-electron chi connectivity index (χ4n) is 5.14. The molecular formula is C33H39N7O5S. The van der Waals surface area contributed by atoms with E-state index in [-0.39, 0.29) is 16.9 Å². The predicted octanol–water partition coefficient (Wildman–Crippen LogP) is 4.57. The summed E-state index contributed by atoms with van der Waals surface area (Å²) in [4.78, 5) is 18.1. The van der Waals surface area contributed by atoms with Gasteiger partial charge in [-0.15, -0.1) is 5.53 Å². The van der Waals surface area contributed by atoms with Gasteiger partial charge in [-0.2, -0.15) is 0 Å². The number of benzene rings is 3. The van der Waals surface area contributed by atoms with Gasteiger partial charge < -0.3 is 19.7 Å². The lowest BCUT2D eigenvalue weighted by Gasteiger charge is -2.24. The SMILES string of the molecule is COc1c(NC(=O)c2ccc(C)c(N3C=C(c4cnc(C(O)c5ccccc5)n4C)NN3)c2)cc(C(C)(C)C)cc1NS(C)(=O)=O. The van der Waals surface area contributed by atoms with Gasteiger partial charge in [-0.25, -0.2) is 13.4 Å². The Morgan fingerprint density at radius 1 is 1.07 bits per heavy atom. The third-order valence-electron chi connectivity index (χ3n) is 7.66. The first-order valence-electron chi connectivity index (χ1n) is 14.6. The largest absolute Gasteiger partial charge is 0.492 e. The summed E-state index contributed by atoms with van der Waals surface area (Å²) in [6, 6.07) is 18.2. The van der Waals surface area contributed by atoms with Crippen molar-refractivity contribution >= 4 is 38.7 Å². The van der Waals surface area contributed by atoms with Crippen LogP contribution in [0.3, 0.4) is 0 Å². The Kier molecular flexibility index (Phi) is 8.85. The van der Waals surface area contributed by atoms with Crippen LogP contribution in [0.2, 0.25) is 0 Å². The molecule has 13 heteroatoms. The van der Waals surface area contributed by atoms with Crippen molar-refractivity contribution in [1.82, 2.24) is 20.5 Å². The van der Waals surface area contributed by atoms with Crippen LogP contribution in [0.25, 0.3) is 5.70 Å². The van der Waals surface area contributed by atoms with Gasteiger partial charge in [0.15, 0.2) is 5.75 Å². The zero-order valence-corrected chi connectivity index (χ0v) is 27.7. The molecule has 0 saturated carbocycles. The number of aryl methyl sites for hydroxylation is 1. The van der Waals surface area contributed by atoms with Crippen LogP contribution in [0.4, 0.5) is 17.1 Å². The smallest absolute Gasteiger partial charge is 0.255 e. The number of nitrogens with one attached hydrogen (secondary N) is 4. The number of methoxy groups -OCH3 is 1. The number of hydrazine groups is 2. The highest BCUT2D eigenvalue weighted by Gasteiger charge is 2.25. The number of sulfonamides is 1. The average molecular weight is 646 g/mol. The molecule has 242 valence electrons. The highest BCUT2D eigenvalue weighted by Crippen LogP contribution is 2.39. The number of amides is 1. The standard InChI is InChI=1S/C33H39N7O5S/c1-20-13-14-22(32(42)35-24-16-23(33(2,3)4)17-25(30(24)45-6)37-46(7,43)44)15-27(20)40-19-26(36-38-40)28-18-34-31(39(28)5)29(41)21-11-9-8-10-12-21/h8-19,29,36-38,41H,1-7H3,(H,35,42). The Morgan fingerprint density at radius 3 is 2.41 bits per heavy atom. The van der Waals surface area contributed by atoms with E-state index in [0.29, 0.717) is 22.8 Å². The number of imidazole rings is 1. The van der Waals surface area contributed by atoms with Gasteiger partial charge in [0.2, 0.25) is 10.0 Å². The van der Waals surface area contributed by atoms with Crippen molar-refractivity contribution in [2.75, 3.05) is 28.4 Å². The fourth-order valence-corrected chi connectivity index (χ4v) is 5.69. The molecule has 5 N–H and O–H groups in total. The van der Waals surface area contributed by atoms with Crippen LogP contribution in [0.1, 0.15) is 65.4 Å². The van der Waals surface area contributed by atoms with Crippen molar-refractivity contribution in [3.63, 3.8) is 0 Å². The quantitative estimate of drug-likeness (QED) is 0.176. The normalized spacial score (nSPS) is 14.0. The molecular weight excluding hydrogens is 606 g/mol. The molecule has 3 aromatic carbocycles. The Labute approximate surface area is 269 Å². The van der Waals surface area contributed by atoms with Crippen molar-refractivity contribution in [3.05, 3.63) is 107 Å². The maximum absolute atomic E-state index is 13.6. The van der Waals surface area contributed by atoms with E-state index in [0.717, 1.165) is 34.3 Å². The van der Waals surface area contributed by atoms with Crippen LogP contribution in [-0.4, -0.2) is 42.3 Å². The zero-order valence-electron chi connectivity index (χ0n) is 26.8. The summed E-state index contributed by atoms with van der Waals surface area (Å²) in [5.74, 6) is 0.293. The first kappa shape index (κ1) is 32.5. The maximum atomic E-state index is 13.6. The first-order chi connectivity index (χ1) is 21.7. The number of carbonyl (C=O) groups is 1. The molecule has 12 nitrogen and oxygen atoms in total. The zero-order chi connectivity index (χ0) is 33.4. The van der Waals surface area contributed by atoms with E-state index in [1.54, 1.807) is 35.5 Å². The minimum absolute atomic E-state index is 0.199. The molecule has 0 radical (unpaired) electrons. The van der Waals surface area contributed by atoms with Gasteiger partial charge in [-0.05, 0) is 53.3 Å². The van der Waals surface area contributed by atoms with E-state index >= 15 is 0 Å². The highest BCUT2D eigenvalue weighted by atomic mass is 32.2. The third kappa shape index (κ3) is 6.86. The number of hydrogen-bond acceptors (Lipinski definition) is 9. The highest BCUT2D eigenvalue weighted by molar-refractivity contribution is 7.92. The molecule has 1 unspecified atom stereocenters. The van der Waals surface area contributed by atoms with Crippen molar-refractivity contribution < 1.29 is 23.1 Å². The van der Waals surface area contributed by atoms with E-state index in [2.05, 4.69) is 26.0 Å². The van der Waals surface area contributed by atoms with E-state index in [4.69, 9.17) is 4.74 Å². The molecule has 1 aliphatic heterocycles. The van der Waals surface area contributed by atoms with Crippen LogP contribution in [0.5, 0.6) is 5.75 Å². The summed E-state index contributed by atoms with van der Waals surface area (Å²) >= 11 is 0. The van der Waals surface area contributed by atoms with Crippen molar-refractivity contribution in [1.29, 1.82) is 0 Å². The van der Waals surface area contributed by atoms with E-state index in [1.165, 1.54) is 7.11 Å². The van der Waals surface area contributed by atoms with Gasteiger partial charge in [0.25, 0.3) is 5.91 Å². The number of aromatic nitrogens is 2. The number of aliphatic hydroxyl groups excluding tert-OH is 1. The summed E-state index contributed by atoms with van der Waals surface area (Å²) in [6.07, 6.45) is 3.71. The number of rotatable bonds is 9. The second kappa shape index (κ2) is 12.5. The summed E-state index contributed by atoms with van der Waals surface area (Å²) in [6.45, 7) is 7.91. The van der Waals surface area contributed by atoms with Crippen molar-refractivity contribution in [2.24, 2.45) is 7.05 Å². The molecule has 0 bridgehead atoms. The van der Waals surface area contributed by atoms with Crippen LogP contribution in [-0.2, 0) is 22.5 Å². The fraction of sp³-hybridized carbons (Fsp3) is 0.273. The second-order valence-electron chi connectivity index (χ2n) is 12.2. The summed E-state index contributed by atoms with van der Waals surface area (Å²) < 4.78 is 34.1. The van der Waals surface area contributed by atoms with Crippen LogP contribution >= 0.6 is 0 Å². The number of ether oxygens (including phenoxy) is 1. The van der Waals surface area contributed by atoms with Crippen molar-refractivity contribution in [3.8, 4) is 5.75 Å². The lowest BCUT2D eigenvalue weighted by atomic mass is 9.86. The topological polar surface area (TPSA) is 150 Å². The minimum atomic E-state index is -3.62. The Morgan fingerprint density at radius 2 is 1.76 bits per heavy atom. The summed E-state index contributed by atoms with van der Waals surface area (Å²) in [5.41, 5.74) is 11.5. The summed E-state index contributed by atoms with van der Waals surface area (Å²) in [7, 11) is -0.359. The van der Waals surface area contributed by atoms with Gasteiger partial charge in [-0.1, -0.05) is 57.2 Å². The molecule has 1 aliphatic rings. The Balaban J connectivity index is 1.42. The van der Waals surface area contributed by atoms with Gasteiger partial charge in [0.05, 0.1) is 54.2 Å². The molecule has 1 amide bonds. The second-order valence-corrected chi connectivity index (χ2v) is 14.0. The van der Waals surface area contributed by atoms with E-state index in [1.807, 2.05) is 81.9 Å². The molecule has 0 saturated heterocycles. The molecule has 0 spiro atoms. The minimum Gasteiger partial charge on any atom is -0.492 e. The van der Waals surface area contributed by atoms with Crippen LogP contribution < -0.4 is 30.7 Å². The van der Waals surface area contributed by atoms with Gasteiger partial charge >= 0.3 is 0 Å². The first-order valence-corrected chi connectivity index (χ1v) is 16.5. The summed E-state index contributed by atoms with van der Waals surface area (Å²) in [5, 5.41) is 15.6. The number of anilines is 3. The number of carbonyl (C=O) groups excluding carboxylic acids is 1. The van der Waals surface area contributed by atoms with Gasteiger partial charge in [0, 0.05) is 12.6 Å². The van der Waals surface area contributed by atoms with Gasteiger partial charge in [-0.3, -0.25) is 20.0 Å². The number of hydrogen-bond donors (Lipinski definition) is 5. The molecule has 0 aliphatic carbocycles. The molecule has 5 rings (SSSR count). The lowest BCUT2D eigenvalue weighted by molar-refractivity contribution is 0.102. The lowest BCUT2D eigenvalue weighted by Crippen LogP contribution is -2.36. The average Bonchev–Trinajstić information content (AvgIpc) is 3.62. The van der Waals surface area contributed by atoms with Crippen LogP contribution in [0, 0.1) is 6.92 Å². The molecule has 0 fully saturated rings. The maximum Gasteiger partial charge on any atom is 0.255 e. The van der Waals surface area contributed by atoms with Gasteiger partial charge in [0.1, 0.15) is 11.9 Å². The number of aliphatic hydroxyl groups is 1. The predicted molar refractivity (Wildman–Crippen MR) is 180 cm³/mol. The number of nitrogens with zero attached hydrogens (tertiary/aromatic N) is 3. The van der Waals surface area contributed by atoms with Crippen LogP contribution in [0.15, 0.2) is 73.1 Å². The molecule has 2 heterocycles. The third-order valence-corrected chi connectivity index (χ3v) is 8.25. The van der Waals surface area contributed by atoms with E-state index < -0.39 is 22.0 Å². The molecule has 1 atom stereocenters.